The molecule has 18 heavy (non-hydrogen) atoms. The molecule has 0 aliphatic rings. The van der Waals surface area contributed by atoms with Gasteiger partial charge in [-0.1, -0.05) is 51.4 Å². The molecule has 0 heterocycles. The Labute approximate surface area is 114 Å². The average Bonchev–Trinajstić information content (AvgIpc) is 2.39. The van der Waals surface area contributed by atoms with Gasteiger partial charge in [-0.05, 0) is 23.8 Å². The van der Waals surface area contributed by atoms with Crippen molar-refractivity contribution in [3.05, 3.63) is 64.1 Å². The van der Waals surface area contributed by atoms with Crippen LogP contribution in [0.15, 0.2) is 58.2 Å². The lowest BCUT2D eigenvalue weighted by Gasteiger charge is -2.09. The summed E-state index contributed by atoms with van der Waals surface area (Å²) >= 11 is 3.36. The largest absolute Gasteiger partial charge is 0.488 e. The van der Waals surface area contributed by atoms with Crippen LogP contribution in [0.3, 0.4) is 0 Å². The lowest BCUT2D eigenvalue weighted by molar-refractivity contribution is 0.304. The fraction of sp³-hybridized carbons (Fsp3) is 0.0714. The van der Waals surface area contributed by atoms with Crippen LogP contribution in [0.2, 0.25) is 0 Å². The SMILES string of the molecule is ON=Cc1cc(Br)ccc1OCc1ccccc1. The van der Waals surface area contributed by atoms with E-state index in [2.05, 4.69) is 21.1 Å². The second-order valence-electron chi connectivity index (χ2n) is 3.70. The summed E-state index contributed by atoms with van der Waals surface area (Å²) in [5.74, 6) is 0.680. The first-order chi connectivity index (χ1) is 8.79. The maximum absolute atomic E-state index is 8.62. The molecule has 2 aromatic rings. The molecule has 0 unspecified atom stereocenters. The van der Waals surface area contributed by atoms with Crippen LogP contribution in [-0.4, -0.2) is 11.4 Å². The number of hydrogen-bond donors (Lipinski definition) is 1. The summed E-state index contributed by atoms with van der Waals surface area (Å²) in [5.41, 5.74) is 1.81. The third-order valence-corrected chi connectivity index (χ3v) is 2.90. The number of hydrogen-bond acceptors (Lipinski definition) is 3. The highest BCUT2D eigenvalue weighted by Crippen LogP contribution is 2.22. The zero-order valence-corrected chi connectivity index (χ0v) is 11.2. The molecule has 0 bridgehead atoms. The van der Waals surface area contributed by atoms with Gasteiger partial charge in [-0.3, -0.25) is 0 Å². The molecule has 2 rings (SSSR count). The number of nitrogens with zero attached hydrogens (tertiary/aromatic N) is 1. The van der Waals surface area contributed by atoms with Crippen LogP contribution >= 0.6 is 15.9 Å². The van der Waals surface area contributed by atoms with Gasteiger partial charge < -0.3 is 9.94 Å². The molecule has 92 valence electrons. The number of rotatable bonds is 4. The second kappa shape index (κ2) is 6.21. The Bertz CT molecular complexity index is 541. The normalized spacial score (nSPS) is 10.7. The Balaban J connectivity index is 2.14. The van der Waals surface area contributed by atoms with E-state index in [9.17, 15) is 0 Å². The molecule has 0 aliphatic heterocycles. The van der Waals surface area contributed by atoms with Crippen LogP contribution in [0.4, 0.5) is 0 Å². The number of ether oxygens (including phenoxy) is 1. The second-order valence-corrected chi connectivity index (χ2v) is 4.62. The fourth-order valence-corrected chi connectivity index (χ4v) is 1.93. The molecule has 0 amide bonds. The zero-order valence-electron chi connectivity index (χ0n) is 9.58. The van der Waals surface area contributed by atoms with Gasteiger partial charge in [-0.15, -0.1) is 0 Å². The van der Waals surface area contributed by atoms with Gasteiger partial charge in [0, 0.05) is 10.0 Å². The molecule has 0 saturated carbocycles. The Kier molecular flexibility index (Phi) is 4.36. The van der Waals surface area contributed by atoms with E-state index < -0.39 is 0 Å². The summed E-state index contributed by atoms with van der Waals surface area (Å²) < 4.78 is 6.61. The van der Waals surface area contributed by atoms with Crippen LogP contribution in [0, 0.1) is 0 Å². The van der Waals surface area contributed by atoms with E-state index >= 15 is 0 Å². The van der Waals surface area contributed by atoms with Gasteiger partial charge in [-0.25, -0.2) is 0 Å². The summed E-state index contributed by atoms with van der Waals surface area (Å²) in [6.07, 6.45) is 1.35. The highest BCUT2D eigenvalue weighted by molar-refractivity contribution is 9.10. The van der Waals surface area contributed by atoms with Crippen molar-refractivity contribution < 1.29 is 9.94 Å². The van der Waals surface area contributed by atoms with E-state index in [4.69, 9.17) is 9.94 Å². The monoisotopic (exact) mass is 305 g/mol. The van der Waals surface area contributed by atoms with Crippen LogP contribution < -0.4 is 4.74 Å². The molecule has 4 heteroatoms. The van der Waals surface area contributed by atoms with E-state index in [1.54, 1.807) is 0 Å². The van der Waals surface area contributed by atoms with Gasteiger partial charge in [0.25, 0.3) is 0 Å². The van der Waals surface area contributed by atoms with Crippen molar-refractivity contribution in [1.82, 2.24) is 0 Å². The van der Waals surface area contributed by atoms with E-state index in [0.29, 0.717) is 12.4 Å². The number of benzene rings is 2. The van der Waals surface area contributed by atoms with Crippen molar-refractivity contribution >= 4 is 22.1 Å². The molecule has 0 atom stereocenters. The maximum atomic E-state index is 8.62. The molecular formula is C14H12BrNO2. The molecule has 3 nitrogen and oxygen atoms in total. The minimum Gasteiger partial charge on any atom is -0.488 e. The molecule has 0 radical (unpaired) electrons. The lowest BCUT2D eigenvalue weighted by atomic mass is 10.2. The van der Waals surface area contributed by atoms with Crippen molar-refractivity contribution in [2.75, 3.05) is 0 Å². The third-order valence-electron chi connectivity index (χ3n) is 2.41. The third kappa shape index (κ3) is 3.34. The van der Waals surface area contributed by atoms with E-state index in [-0.39, 0.29) is 0 Å². The van der Waals surface area contributed by atoms with Crippen LogP contribution in [-0.2, 0) is 6.61 Å². The van der Waals surface area contributed by atoms with Crippen LogP contribution in [0.1, 0.15) is 11.1 Å². The molecular weight excluding hydrogens is 294 g/mol. The fourth-order valence-electron chi connectivity index (χ4n) is 1.55. The first-order valence-corrected chi connectivity index (χ1v) is 6.22. The predicted molar refractivity (Wildman–Crippen MR) is 74.3 cm³/mol. The first-order valence-electron chi connectivity index (χ1n) is 5.43. The van der Waals surface area contributed by atoms with Gasteiger partial charge in [0.15, 0.2) is 0 Å². The Morgan fingerprint density at radius 2 is 1.94 bits per heavy atom. The van der Waals surface area contributed by atoms with Crippen molar-refractivity contribution in [3.63, 3.8) is 0 Å². The Hall–Kier alpha value is -1.81. The molecule has 0 spiro atoms. The molecule has 0 aromatic heterocycles. The topological polar surface area (TPSA) is 41.8 Å². The van der Waals surface area contributed by atoms with Crippen molar-refractivity contribution in [2.45, 2.75) is 6.61 Å². The quantitative estimate of drug-likeness (QED) is 0.530. The van der Waals surface area contributed by atoms with Gasteiger partial charge >= 0.3 is 0 Å². The van der Waals surface area contributed by atoms with E-state index in [1.807, 2.05) is 48.5 Å². The molecule has 0 fully saturated rings. The molecule has 0 aliphatic carbocycles. The Morgan fingerprint density at radius 3 is 2.67 bits per heavy atom. The average molecular weight is 306 g/mol. The minimum absolute atomic E-state index is 0.481. The van der Waals surface area contributed by atoms with Crippen LogP contribution in [0.5, 0.6) is 5.75 Å². The van der Waals surface area contributed by atoms with Gasteiger partial charge in [-0.2, -0.15) is 0 Å². The summed E-state index contributed by atoms with van der Waals surface area (Å²) in [7, 11) is 0. The number of oxime groups is 1. The van der Waals surface area contributed by atoms with Crippen molar-refractivity contribution in [3.8, 4) is 5.75 Å². The van der Waals surface area contributed by atoms with Gasteiger partial charge in [0.1, 0.15) is 12.4 Å². The van der Waals surface area contributed by atoms with Crippen molar-refractivity contribution in [2.24, 2.45) is 5.16 Å². The minimum atomic E-state index is 0.481. The summed E-state index contributed by atoms with van der Waals surface area (Å²) in [4.78, 5) is 0. The smallest absolute Gasteiger partial charge is 0.128 e. The molecule has 0 saturated heterocycles. The Morgan fingerprint density at radius 1 is 1.17 bits per heavy atom. The van der Waals surface area contributed by atoms with Gasteiger partial charge in [0.2, 0.25) is 0 Å². The van der Waals surface area contributed by atoms with Crippen LogP contribution in [0.25, 0.3) is 0 Å². The van der Waals surface area contributed by atoms with E-state index in [1.165, 1.54) is 6.21 Å². The highest BCUT2D eigenvalue weighted by atomic mass is 79.9. The van der Waals surface area contributed by atoms with E-state index in [0.717, 1.165) is 15.6 Å². The lowest BCUT2D eigenvalue weighted by Crippen LogP contribution is -1.98. The van der Waals surface area contributed by atoms with Gasteiger partial charge in [0.05, 0.1) is 6.21 Å². The zero-order chi connectivity index (χ0) is 12.8. The van der Waals surface area contributed by atoms with Crippen molar-refractivity contribution in [1.29, 1.82) is 0 Å². The highest BCUT2D eigenvalue weighted by Gasteiger charge is 2.03. The summed E-state index contributed by atoms with van der Waals surface area (Å²) in [6.45, 7) is 0.481. The predicted octanol–water partition coefficient (Wildman–Crippen LogP) is 3.84. The number of halogens is 1. The summed E-state index contributed by atoms with van der Waals surface area (Å²) in [5, 5.41) is 11.7. The standard InChI is InChI=1S/C14H12BrNO2/c15-13-6-7-14(12(8-13)9-16-17)18-10-11-4-2-1-3-5-11/h1-9,17H,10H2. The molecule has 2 aromatic carbocycles. The molecule has 1 N–H and O–H groups in total. The maximum Gasteiger partial charge on any atom is 0.128 e. The first kappa shape index (κ1) is 12.6. The summed E-state index contributed by atoms with van der Waals surface area (Å²) in [6, 6.07) is 15.5.